The summed E-state index contributed by atoms with van der Waals surface area (Å²) in [5.74, 6) is 0.855. The summed E-state index contributed by atoms with van der Waals surface area (Å²) in [5.41, 5.74) is 2.50. The van der Waals surface area contributed by atoms with Crippen molar-refractivity contribution in [3.05, 3.63) is 34.0 Å². The van der Waals surface area contributed by atoms with Gasteiger partial charge in [-0.05, 0) is 30.7 Å². The zero-order valence-corrected chi connectivity index (χ0v) is 12.8. The molecule has 1 aliphatic carbocycles. The maximum absolute atomic E-state index is 5.90. The first kappa shape index (κ1) is 13.4. The molecule has 0 radical (unpaired) electrons. The average molecular weight is 304 g/mol. The Labute approximate surface area is 128 Å². The van der Waals surface area contributed by atoms with Crippen molar-refractivity contribution >= 4 is 11.3 Å². The molecule has 2 aliphatic rings. The lowest BCUT2D eigenvalue weighted by Gasteiger charge is -2.22. The molecular formula is C15H20N4OS. The van der Waals surface area contributed by atoms with Gasteiger partial charge in [-0.25, -0.2) is 4.98 Å². The molecule has 21 heavy (non-hydrogen) atoms. The number of nitrogens with one attached hydrogen (secondary N) is 1. The van der Waals surface area contributed by atoms with Gasteiger partial charge in [0.05, 0.1) is 12.3 Å². The highest BCUT2D eigenvalue weighted by atomic mass is 32.1. The summed E-state index contributed by atoms with van der Waals surface area (Å²) in [7, 11) is 0. The lowest BCUT2D eigenvalue weighted by molar-refractivity contribution is 0.0392. The lowest BCUT2D eigenvalue weighted by atomic mass is 10.1. The number of rotatable bonds is 6. The van der Waals surface area contributed by atoms with E-state index in [2.05, 4.69) is 21.2 Å². The Balaban J connectivity index is 1.38. The smallest absolute Gasteiger partial charge is 0.114 e. The van der Waals surface area contributed by atoms with Crippen molar-refractivity contribution in [2.24, 2.45) is 5.92 Å². The Kier molecular flexibility index (Phi) is 3.75. The molecule has 112 valence electrons. The third-order valence-corrected chi connectivity index (χ3v) is 4.88. The molecular weight excluding hydrogens is 284 g/mol. The quantitative estimate of drug-likeness (QED) is 0.888. The van der Waals surface area contributed by atoms with Crippen LogP contribution in [0.4, 0.5) is 0 Å². The van der Waals surface area contributed by atoms with E-state index in [0.29, 0.717) is 0 Å². The summed E-state index contributed by atoms with van der Waals surface area (Å²) < 4.78 is 8.03. The Morgan fingerprint density at radius 2 is 2.38 bits per heavy atom. The summed E-state index contributed by atoms with van der Waals surface area (Å²) in [6, 6.07) is 0. The van der Waals surface area contributed by atoms with Gasteiger partial charge in [0.25, 0.3) is 0 Å². The van der Waals surface area contributed by atoms with E-state index in [1.54, 1.807) is 11.3 Å². The van der Waals surface area contributed by atoms with Gasteiger partial charge < -0.3 is 10.1 Å². The van der Waals surface area contributed by atoms with Crippen LogP contribution in [0.25, 0.3) is 0 Å². The SMILES string of the molecule is c1csc(CNC[C@H]2OCCc3cn(CC4CC4)nc32)n1. The molecule has 1 fully saturated rings. The first-order chi connectivity index (χ1) is 10.4. The van der Waals surface area contributed by atoms with Crippen molar-refractivity contribution in [1.82, 2.24) is 20.1 Å². The van der Waals surface area contributed by atoms with Crippen molar-refractivity contribution in [2.45, 2.75) is 38.5 Å². The van der Waals surface area contributed by atoms with Gasteiger partial charge >= 0.3 is 0 Å². The Morgan fingerprint density at radius 3 is 3.19 bits per heavy atom. The molecule has 5 nitrogen and oxygen atoms in total. The molecule has 0 spiro atoms. The van der Waals surface area contributed by atoms with Gasteiger partial charge in [0.1, 0.15) is 11.1 Å². The second-order valence-corrected chi connectivity index (χ2v) is 6.85. The van der Waals surface area contributed by atoms with Crippen LogP contribution in [-0.2, 0) is 24.2 Å². The molecule has 0 aromatic carbocycles. The predicted molar refractivity (Wildman–Crippen MR) is 81.2 cm³/mol. The monoisotopic (exact) mass is 304 g/mol. The van der Waals surface area contributed by atoms with Crippen molar-refractivity contribution in [3.63, 3.8) is 0 Å². The minimum absolute atomic E-state index is 0.0779. The largest absolute Gasteiger partial charge is 0.370 e. The number of hydrogen-bond acceptors (Lipinski definition) is 5. The normalized spacial score (nSPS) is 21.4. The van der Waals surface area contributed by atoms with Crippen LogP contribution in [0.15, 0.2) is 17.8 Å². The van der Waals surface area contributed by atoms with Crippen molar-refractivity contribution in [3.8, 4) is 0 Å². The molecule has 0 saturated heterocycles. The van der Waals surface area contributed by atoms with Gasteiger partial charge in [0.2, 0.25) is 0 Å². The molecule has 1 saturated carbocycles. The minimum atomic E-state index is 0.0779. The average Bonchev–Trinajstić information content (AvgIpc) is 3.00. The fraction of sp³-hybridized carbons (Fsp3) is 0.600. The van der Waals surface area contributed by atoms with Crippen molar-refractivity contribution in [2.75, 3.05) is 13.2 Å². The molecule has 0 unspecified atom stereocenters. The number of hydrogen-bond donors (Lipinski definition) is 1. The Hall–Kier alpha value is -1.24. The highest BCUT2D eigenvalue weighted by Crippen LogP contribution is 2.32. The minimum Gasteiger partial charge on any atom is -0.370 e. The maximum Gasteiger partial charge on any atom is 0.114 e. The summed E-state index contributed by atoms with van der Waals surface area (Å²) >= 11 is 1.68. The fourth-order valence-electron chi connectivity index (χ4n) is 2.80. The molecule has 1 N–H and O–H groups in total. The van der Waals surface area contributed by atoms with E-state index in [4.69, 9.17) is 9.84 Å². The van der Waals surface area contributed by atoms with Gasteiger partial charge in [0, 0.05) is 37.4 Å². The molecule has 0 bridgehead atoms. The van der Waals surface area contributed by atoms with Gasteiger partial charge in [0.15, 0.2) is 0 Å². The molecule has 4 rings (SSSR count). The van der Waals surface area contributed by atoms with Crippen LogP contribution in [0.2, 0.25) is 0 Å². The molecule has 1 atom stereocenters. The van der Waals surface area contributed by atoms with E-state index in [0.717, 1.165) is 49.3 Å². The zero-order chi connectivity index (χ0) is 14.1. The summed E-state index contributed by atoms with van der Waals surface area (Å²) in [4.78, 5) is 4.28. The van der Waals surface area contributed by atoms with E-state index in [9.17, 15) is 0 Å². The highest BCUT2D eigenvalue weighted by Gasteiger charge is 2.27. The number of thiazole rings is 1. The van der Waals surface area contributed by atoms with Crippen LogP contribution in [0, 0.1) is 5.92 Å². The predicted octanol–water partition coefficient (Wildman–Crippen LogP) is 2.15. The molecule has 2 aromatic rings. The van der Waals surface area contributed by atoms with Crippen molar-refractivity contribution < 1.29 is 4.74 Å². The first-order valence-electron chi connectivity index (χ1n) is 7.65. The van der Waals surface area contributed by atoms with E-state index in [1.807, 2.05) is 11.6 Å². The van der Waals surface area contributed by atoms with E-state index < -0.39 is 0 Å². The second-order valence-electron chi connectivity index (χ2n) is 5.87. The molecule has 3 heterocycles. The van der Waals surface area contributed by atoms with Gasteiger partial charge in [-0.3, -0.25) is 4.68 Å². The highest BCUT2D eigenvalue weighted by molar-refractivity contribution is 7.09. The van der Waals surface area contributed by atoms with E-state index in [1.165, 1.54) is 18.4 Å². The molecule has 6 heteroatoms. The first-order valence-corrected chi connectivity index (χ1v) is 8.53. The van der Waals surface area contributed by atoms with E-state index in [-0.39, 0.29) is 6.10 Å². The van der Waals surface area contributed by atoms with Crippen LogP contribution in [0.3, 0.4) is 0 Å². The lowest BCUT2D eigenvalue weighted by Crippen LogP contribution is -2.27. The third kappa shape index (κ3) is 3.17. The van der Waals surface area contributed by atoms with Crippen LogP contribution in [-0.4, -0.2) is 27.9 Å². The zero-order valence-electron chi connectivity index (χ0n) is 12.0. The fourth-order valence-corrected chi connectivity index (χ4v) is 3.38. The Morgan fingerprint density at radius 1 is 1.43 bits per heavy atom. The van der Waals surface area contributed by atoms with Crippen LogP contribution in [0.5, 0.6) is 0 Å². The topological polar surface area (TPSA) is 52.0 Å². The number of ether oxygens (including phenoxy) is 1. The summed E-state index contributed by atoms with van der Waals surface area (Å²) in [5, 5.41) is 11.3. The van der Waals surface area contributed by atoms with Gasteiger partial charge in [-0.15, -0.1) is 11.3 Å². The van der Waals surface area contributed by atoms with Crippen LogP contribution in [0.1, 0.15) is 35.2 Å². The number of nitrogens with zero attached hydrogens (tertiary/aromatic N) is 3. The number of aromatic nitrogens is 3. The molecule has 1 aliphatic heterocycles. The van der Waals surface area contributed by atoms with Gasteiger partial charge in [-0.2, -0.15) is 5.10 Å². The molecule has 2 aromatic heterocycles. The van der Waals surface area contributed by atoms with E-state index >= 15 is 0 Å². The third-order valence-electron chi connectivity index (χ3n) is 4.10. The maximum atomic E-state index is 5.90. The van der Waals surface area contributed by atoms with Gasteiger partial charge in [-0.1, -0.05) is 0 Å². The standard InChI is InChI=1S/C15H20N4OS/c1-2-11(1)9-19-10-12-3-5-20-13(15(12)18-19)7-16-8-14-17-4-6-21-14/h4,6,10-11,13,16H,1-3,5,7-9H2/t13-/m1/s1. The summed E-state index contributed by atoms with van der Waals surface area (Å²) in [6.07, 6.45) is 7.86. The Bertz CT molecular complexity index is 591. The summed E-state index contributed by atoms with van der Waals surface area (Å²) in [6.45, 7) is 3.47. The second kappa shape index (κ2) is 5.87. The van der Waals surface area contributed by atoms with Crippen LogP contribution >= 0.6 is 11.3 Å². The van der Waals surface area contributed by atoms with Crippen LogP contribution < -0.4 is 5.32 Å². The number of fused-ring (bicyclic) bond motifs is 1. The molecule has 0 amide bonds. The van der Waals surface area contributed by atoms with Crippen molar-refractivity contribution in [1.29, 1.82) is 0 Å².